The first-order chi connectivity index (χ1) is 12.1. The molecular weight excluding hydrogens is 318 g/mol. The molecule has 1 aliphatic rings. The lowest BCUT2D eigenvalue weighted by Gasteiger charge is -2.40. The molecule has 0 bridgehead atoms. The van der Waals surface area contributed by atoms with Gasteiger partial charge in [-0.25, -0.2) is 0 Å². The Kier molecular flexibility index (Phi) is 5.16. The number of benzene rings is 1. The van der Waals surface area contributed by atoms with E-state index in [1.54, 1.807) is 11.1 Å². The molecular formula is C19H23N3O3. The smallest absolute Gasteiger partial charge is 0.308 e. The molecule has 2 aromatic rings. The lowest BCUT2D eigenvalue weighted by Crippen LogP contribution is -2.46. The Morgan fingerprint density at radius 2 is 2.08 bits per heavy atom. The number of carbonyl (C=O) groups excluding carboxylic acids is 1. The maximum atomic E-state index is 12.6. The molecule has 6 nitrogen and oxygen atoms in total. The van der Waals surface area contributed by atoms with Crippen molar-refractivity contribution in [2.24, 2.45) is 5.92 Å². The quantitative estimate of drug-likeness (QED) is 0.876. The lowest BCUT2D eigenvalue weighted by molar-refractivity contribution is -0.152. The lowest BCUT2D eigenvalue weighted by atomic mass is 9.82. The molecule has 0 unspecified atom stereocenters. The predicted octanol–water partition coefficient (Wildman–Crippen LogP) is 2.65. The van der Waals surface area contributed by atoms with E-state index in [1.165, 1.54) is 0 Å². The molecule has 1 aromatic heterocycles. The minimum atomic E-state index is -0.835. The summed E-state index contributed by atoms with van der Waals surface area (Å²) in [5, 5.41) is 13.9. The maximum absolute atomic E-state index is 12.6. The van der Waals surface area contributed by atoms with E-state index in [0.717, 1.165) is 17.5 Å². The number of carboxylic acid groups (broad SMARTS) is 1. The van der Waals surface area contributed by atoms with E-state index in [4.69, 9.17) is 0 Å². The summed E-state index contributed by atoms with van der Waals surface area (Å²) in [4.78, 5) is 26.1. The average molecular weight is 341 g/mol. The third-order valence-electron chi connectivity index (χ3n) is 4.88. The topological polar surface area (TPSA) is 75.4 Å². The molecule has 2 heterocycles. The summed E-state index contributed by atoms with van der Waals surface area (Å²) < 4.78 is 1.83. The molecule has 1 N–H and O–H groups in total. The molecule has 3 rings (SSSR count). The van der Waals surface area contributed by atoms with Crippen LogP contribution in [0, 0.1) is 12.8 Å². The van der Waals surface area contributed by atoms with Gasteiger partial charge in [-0.2, -0.15) is 5.10 Å². The molecule has 25 heavy (non-hydrogen) atoms. The van der Waals surface area contributed by atoms with Gasteiger partial charge < -0.3 is 10.0 Å². The van der Waals surface area contributed by atoms with Gasteiger partial charge in [-0.05, 0) is 37.0 Å². The average Bonchev–Trinajstić information content (AvgIpc) is 3.10. The number of hydrogen-bond donors (Lipinski definition) is 1. The van der Waals surface area contributed by atoms with E-state index in [1.807, 2.05) is 48.1 Å². The summed E-state index contributed by atoms with van der Waals surface area (Å²) in [5.41, 5.74) is 1.95. The zero-order valence-electron chi connectivity index (χ0n) is 14.3. The molecule has 1 fully saturated rings. The van der Waals surface area contributed by atoms with Crippen molar-refractivity contribution in [3.63, 3.8) is 0 Å². The zero-order chi connectivity index (χ0) is 17.8. The second-order valence-electron chi connectivity index (χ2n) is 6.49. The van der Waals surface area contributed by atoms with Crippen LogP contribution in [0.15, 0.2) is 42.7 Å². The van der Waals surface area contributed by atoms with Crippen LogP contribution in [0.3, 0.4) is 0 Å². The van der Waals surface area contributed by atoms with Gasteiger partial charge >= 0.3 is 5.97 Å². The minimum Gasteiger partial charge on any atom is -0.481 e. The Morgan fingerprint density at radius 3 is 2.76 bits per heavy atom. The fourth-order valence-corrected chi connectivity index (χ4v) is 3.61. The molecule has 0 saturated carbocycles. The second kappa shape index (κ2) is 7.51. The van der Waals surface area contributed by atoms with Crippen molar-refractivity contribution in [2.45, 2.75) is 38.8 Å². The molecule has 0 aliphatic carbocycles. The highest BCUT2D eigenvalue weighted by Crippen LogP contribution is 2.38. The highest BCUT2D eigenvalue weighted by molar-refractivity contribution is 5.82. The summed E-state index contributed by atoms with van der Waals surface area (Å²) >= 11 is 0. The van der Waals surface area contributed by atoms with Gasteiger partial charge in [-0.15, -0.1) is 0 Å². The van der Waals surface area contributed by atoms with Crippen LogP contribution in [0.4, 0.5) is 0 Å². The number of likely N-dealkylation sites (tertiary alicyclic amines) is 1. The number of nitrogens with zero attached hydrogens (tertiary/aromatic N) is 3. The molecule has 1 saturated heterocycles. The monoisotopic (exact) mass is 341 g/mol. The van der Waals surface area contributed by atoms with Crippen LogP contribution in [-0.2, 0) is 16.1 Å². The number of carboxylic acids is 1. The number of piperidine rings is 1. The summed E-state index contributed by atoms with van der Waals surface area (Å²) in [6.07, 6.45) is 5.03. The highest BCUT2D eigenvalue weighted by atomic mass is 16.4. The summed E-state index contributed by atoms with van der Waals surface area (Å²) in [6, 6.07) is 9.20. The molecule has 2 atom stereocenters. The third-order valence-corrected chi connectivity index (χ3v) is 4.88. The number of aromatic nitrogens is 2. The van der Waals surface area contributed by atoms with Crippen molar-refractivity contribution in [2.75, 3.05) is 6.54 Å². The van der Waals surface area contributed by atoms with Gasteiger partial charge in [0.05, 0.1) is 12.0 Å². The van der Waals surface area contributed by atoms with Crippen molar-refractivity contribution in [1.29, 1.82) is 0 Å². The number of hydrogen-bond acceptors (Lipinski definition) is 3. The maximum Gasteiger partial charge on any atom is 0.308 e. The summed E-state index contributed by atoms with van der Waals surface area (Å²) in [5.74, 6) is -1.37. The van der Waals surface area contributed by atoms with E-state index >= 15 is 0 Å². The summed E-state index contributed by atoms with van der Waals surface area (Å²) in [6.45, 7) is 3.20. The normalized spacial score (nSPS) is 20.7. The van der Waals surface area contributed by atoms with Crippen LogP contribution in [0.1, 0.15) is 36.4 Å². The van der Waals surface area contributed by atoms with Gasteiger partial charge in [-0.3, -0.25) is 14.3 Å². The van der Waals surface area contributed by atoms with E-state index in [-0.39, 0.29) is 5.91 Å². The standard InChI is InChI=1S/C19H23N3O3/c1-14-6-2-3-7-15(14)18-16(19(24)25)8-9-17(23)22(18)13-5-12-21-11-4-10-20-21/h2-4,6-7,10-11,16,18H,5,8-9,12-13H2,1H3,(H,24,25)/t16-,18+/m1/s1. The largest absolute Gasteiger partial charge is 0.481 e. The highest BCUT2D eigenvalue weighted by Gasteiger charge is 2.40. The predicted molar refractivity (Wildman–Crippen MR) is 92.8 cm³/mol. The van der Waals surface area contributed by atoms with E-state index < -0.39 is 17.9 Å². The molecule has 6 heteroatoms. The molecule has 132 valence electrons. The van der Waals surface area contributed by atoms with E-state index in [0.29, 0.717) is 25.9 Å². The Labute approximate surface area is 147 Å². The van der Waals surface area contributed by atoms with Crippen molar-refractivity contribution in [3.05, 3.63) is 53.9 Å². The third kappa shape index (κ3) is 3.73. The van der Waals surface area contributed by atoms with Gasteiger partial charge in [0.2, 0.25) is 5.91 Å². The van der Waals surface area contributed by atoms with Crippen LogP contribution < -0.4 is 0 Å². The second-order valence-corrected chi connectivity index (χ2v) is 6.49. The van der Waals surface area contributed by atoms with Gasteiger partial charge in [-0.1, -0.05) is 24.3 Å². The van der Waals surface area contributed by atoms with Crippen LogP contribution in [0.2, 0.25) is 0 Å². The van der Waals surface area contributed by atoms with Crippen LogP contribution in [-0.4, -0.2) is 38.2 Å². The fourth-order valence-electron chi connectivity index (χ4n) is 3.61. The van der Waals surface area contributed by atoms with Crippen molar-refractivity contribution >= 4 is 11.9 Å². The van der Waals surface area contributed by atoms with Crippen LogP contribution in [0.5, 0.6) is 0 Å². The number of carbonyl (C=O) groups is 2. The van der Waals surface area contributed by atoms with Crippen molar-refractivity contribution in [1.82, 2.24) is 14.7 Å². The number of amides is 1. The molecule has 1 aliphatic heterocycles. The fraction of sp³-hybridized carbons (Fsp3) is 0.421. The minimum absolute atomic E-state index is 0.0335. The van der Waals surface area contributed by atoms with Gasteiger partial charge in [0.1, 0.15) is 0 Å². The van der Waals surface area contributed by atoms with Crippen LogP contribution >= 0.6 is 0 Å². The first kappa shape index (κ1) is 17.2. The van der Waals surface area contributed by atoms with E-state index in [9.17, 15) is 14.7 Å². The number of aliphatic carboxylic acids is 1. The first-order valence-electron chi connectivity index (χ1n) is 8.63. The van der Waals surface area contributed by atoms with Gasteiger partial charge in [0.25, 0.3) is 0 Å². The molecule has 1 aromatic carbocycles. The zero-order valence-corrected chi connectivity index (χ0v) is 14.3. The number of rotatable bonds is 6. The Balaban J connectivity index is 1.84. The molecule has 1 amide bonds. The summed E-state index contributed by atoms with van der Waals surface area (Å²) in [7, 11) is 0. The molecule has 0 radical (unpaired) electrons. The van der Waals surface area contributed by atoms with Gasteiger partial charge in [0, 0.05) is 31.9 Å². The van der Waals surface area contributed by atoms with Crippen molar-refractivity contribution in [3.8, 4) is 0 Å². The molecule has 0 spiro atoms. The first-order valence-corrected chi connectivity index (χ1v) is 8.63. The van der Waals surface area contributed by atoms with Gasteiger partial charge in [0.15, 0.2) is 0 Å². The van der Waals surface area contributed by atoms with Crippen molar-refractivity contribution < 1.29 is 14.7 Å². The van der Waals surface area contributed by atoms with E-state index in [2.05, 4.69) is 5.10 Å². The number of aryl methyl sites for hydroxylation is 2. The Hall–Kier alpha value is -2.63. The SMILES string of the molecule is Cc1ccccc1[C@H]1[C@H](C(=O)O)CCC(=O)N1CCCn1cccn1. The Bertz CT molecular complexity index is 742. The van der Waals surface area contributed by atoms with Crippen LogP contribution in [0.25, 0.3) is 0 Å². The Morgan fingerprint density at radius 1 is 1.28 bits per heavy atom.